The molecule has 102 valence electrons. The van der Waals surface area contributed by atoms with Crippen LogP contribution in [0.3, 0.4) is 0 Å². The first kappa shape index (κ1) is 13.5. The van der Waals surface area contributed by atoms with Crippen LogP contribution in [-0.2, 0) is 11.2 Å². The number of ether oxygens (including phenoxy) is 1. The summed E-state index contributed by atoms with van der Waals surface area (Å²) in [4.78, 5) is 14.3. The van der Waals surface area contributed by atoms with Crippen LogP contribution in [0.4, 0.5) is 0 Å². The lowest BCUT2D eigenvalue weighted by molar-refractivity contribution is -0.141. The van der Waals surface area contributed by atoms with E-state index in [-0.39, 0.29) is 0 Å². The average Bonchev–Trinajstić information content (AvgIpc) is 2.66. The number of hydrogen-bond donors (Lipinski definition) is 2. The van der Waals surface area contributed by atoms with E-state index in [1.165, 1.54) is 0 Å². The summed E-state index contributed by atoms with van der Waals surface area (Å²) in [6.45, 7) is 5.76. The van der Waals surface area contributed by atoms with Crippen LogP contribution in [0, 0.1) is 19.8 Å². The molecule has 0 bridgehead atoms. The van der Waals surface area contributed by atoms with Gasteiger partial charge in [0.2, 0.25) is 0 Å². The van der Waals surface area contributed by atoms with Crippen LogP contribution < -0.4 is 4.74 Å². The Labute approximate surface area is 112 Å². The molecule has 1 unspecified atom stereocenters. The molecule has 0 saturated heterocycles. The molecule has 0 aliphatic heterocycles. The van der Waals surface area contributed by atoms with Gasteiger partial charge in [0.1, 0.15) is 5.75 Å². The molecule has 0 amide bonds. The molecule has 0 aliphatic carbocycles. The van der Waals surface area contributed by atoms with Gasteiger partial charge in [-0.15, -0.1) is 0 Å². The van der Waals surface area contributed by atoms with Gasteiger partial charge in [0.15, 0.2) is 0 Å². The standard InChI is InChI=1S/C15H19NO3/c1-8-5-11-10(3)12(7-9(2)15(17)18)16-14(11)13(6-8)19-4/h5-6,9,16H,7H2,1-4H3,(H,17,18). The Balaban J connectivity index is 2.53. The van der Waals surface area contributed by atoms with Crippen molar-refractivity contribution in [3.05, 3.63) is 29.0 Å². The number of carboxylic acids is 1. The van der Waals surface area contributed by atoms with Crippen LogP contribution in [0.15, 0.2) is 12.1 Å². The Kier molecular flexibility index (Phi) is 3.51. The molecule has 1 aromatic heterocycles. The zero-order valence-electron chi connectivity index (χ0n) is 11.7. The average molecular weight is 261 g/mol. The zero-order valence-corrected chi connectivity index (χ0v) is 11.7. The van der Waals surface area contributed by atoms with E-state index < -0.39 is 11.9 Å². The first-order chi connectivity index (χ1) is 8.93. The van der Waals surface area contributed by atoms with E-state index in [4.69, 9.17) is 9.84 Å². The van der Waals surface area contributed by atoms with Crippen molar-refractivity contribution in [1.82, 2.24) is 4.98 Å². The molecule has 19 heavy (non-hydrogen) atoms. The van der Waals surface area contributed by atoms with Gasteiger partial charge in [0.25, 0.3) is 0 Å². The summed E-state index contributed by atoms with van der Waals surface area (Å²) in [6.07, 6.45) is 0.498. The molecule has 4 heteroatoms. The van der Waals surface area contributed by atoms with Gasteiger partial charge >= 0.3 is 5.97 Å². The molecular formula is C15H19NO3. The normalized spacial score (nSPS) is 12.6. The fourth-order valence-electron chi connectivity index (χ4n) is 2.34. The van der Waals surface area contributed by atoms with E-state index in [1.54, 1.807) is 14.0 Å². The first-order valence-electron chi connectivity index (χ1n) is 6.32. The number of aryl methyl sites for hydroxylation is 2. The van der Waals surface area contributed by atoms with Crippen molar-refractivity contribution in [1.29, 1.82) is 0 Å². The number of benzene rings is 1. The second kappa shape index (κ2) is 4.96. The van der Waals surface area contributed by atoms with Gasteiger partial charge in [-0.25, -0.2) is 0 Å². The second-order valence-corrected chi connectivity index (χ2v) is 5.06. The molecule has 0 saturated carbocycles. The monoisotopic (exact) mass is 261 g/mol. The molecule has 4 nitrogen and oxygen atoms in total. The van der Waals surface area contributed by atoms with Gasteiger partial charge in [0, 0.05) is 17.5 Å². The summed E-state index contributed by atoms with van der Waals surface area (Å²) in [7, 11) is 1.64. The number of nitrogens with one attached hydrogen (secondary N) is 1. The highest BCUT2D eigenvalue weighted by Crippen LogP contribution is 2.31. The number of carbonyl (C=O) groups is 1. The Morgan fingerprint density at radius 3 is 2.68 bits per heavy atom. The van der Waals surface area contributed by atoms with Crippen LogP contribution in [0.25, 0.3) is 10.9 Å². The number of fused-ring (bicyclic) bond motifs is 1. The largest absolute Gasteiger partial charge is 0.495 e. The fourth-order valence-corrected chi connectivity index (χ4v) is 2.34. The lowest BCUT2D eigenvalue weighted by Crippen LogP contribution is -2.12. The zero-order chi connectivity index (χ0) is 14.2. The van der Waals surface area contributed by atoms with Crippen molar-refractivity contribution in [3.63, 3.8) is 0 Å². The maximum atomic E-state index is 11.0. The quantitative estimate of drug-likeness (QED) is 0.889. The highest BCUT2D eigenvalue weighted by atomic mass is 16.5. The lowest BCUT2D eigenvalue weighted by atomic mass is 10.0. The van der Waals surface area contributed by atoms with Crippen molar-refractivity contribution in [2.45, 2.75) is 27.2 Å². The van der Waals surface area contributed by atoms with Gasteiger partial charge in [0.05, 0.1) is 18.5 Å². The van der Waals surface area contributed by atoms with E-state index >= 15 is 0 Å². The highest BCUT2D eigenvalue weighted by molar-refractivity contribution is 5.90. The number of aromatic amines is 1. The molecular weight excluding hydrogens is 242 g/mol. The van der Waals surface area contributed by atoms with E-state index in [9.17, 15) is 4.79 Å². The molecule has 1 atom stereocenters. The minimum atomic E-state index is -0.777. The summed E-state index contributed by atoms with van der Waals surface area (Å²) in [5.74, 6) is -0.382. The summed E-state index contributed by atoms with van der Waals surface area (Å²) in [5, 5.41) is 10.1. The smallest absolute Gasteiger partial charge is 0.306 e. The van der Waals surface area contributed by atoms with Crippen LogP contribution in [0.1, 0.15) is 23.7 Å². The van der Waals surface area contributed by atoms with Crippen molar-refractivity contribution in [2.75, 3.05) is 7.11 Å². The Morgan fingerprint density at radius 1 is 1.42 bits per heavy atom. The molecule has 0 aliphatic rings. The number of rotatable bonds is 4. The molecule has 2 N–H and O–H groups in total. The maximum Gasteiger partial charge on any atom is 0.306 e. The van der Waals surface area contributed by atoms with Crippen LogP contribution in [0.2, 0.25) is 0 Å². The summed E-state index contributed by atoms with van der Waals surface area (Å²) in [5.41, 5.74) is 4.14. The van der Waals surface area contributed by atoms with E-state index in [0.717, 1.165) is 33.5 Å². The highest BCUT2D eigenvalue weighted by Gasteiger charge is 2.17. The molecule has 0 fully saturated rings. The Hall–Kier alpha value is -1.97. The van der Waals surface area contributed by atoms with Crippen LogP contribution in [0.5, 0.6) is 5.75 Å². The number of methoxy groups -OCH3 is 1. The van der Waals surface area contributed by atoms with Gasteiger partial charge < -0.3 is 14.8 Å². The summed E-state index contributed by atoms with van der Waals surface area (Å²) >= 11 is 0. The van der Waals surface area contributed by atoms with Gasteiger partial charge in [-0.05, 0) is 37.1 Å². The molecule has 2 rings (SSSR count). The molecule has 1 heterocycles. The van der Waals surface area contributed by atoms with Gasteiger partial charge in [-0.1, -0.05) is 6.92 Å². The van der Waals surface area contributed by atoms with Crippen LogP contribution >= 0.6 is 0 Å². The Bertz CT molecular complexity index is 628. The minimum absolute atomic E-state index is 0.404. The SMILES string of the molecule is COc1cc(C)cc2c(C)c(CC(C)C(=O)O)[nH]c12. The third-order valence-corrected chi connectivity index (χ3v) is 3.53. The van der Waals surface area contributed by atoms with Gasteiger partial charge in [-0.2, -0.15) is 0 Å². The number of hydrogen-bond acceptors (Lipinski definition) is 2. The third-order valence-electron chi connectivity index (χ3n) is 3.53. The van der Waals surface area contributed by atoms with E-state index in [1.807, 2.05) is 19.9 Å². The summed E-state index contributed by atoms with van der Waals surface area (Å²) in [6, 6.07) is 4.07. The number of carboxylic acid groups (broad SMARTS) is 1. The van der Waals surface area contributed by atoms with Crippen molar-refractivity contribution in [2.24, 2.45) is 5.92 Å². The van der Waals surface area contributed by atoms with Crippen LogP contribution in [-0.4, -0.2) is 23.2 Å². The van der Waals surface area contributed by atoms with E-state index in [0.29, 0.717) is 6.42 Å². The fraction of sp³-hybridized carbons (Fsp3) is 0.400. The van der Waals surface area contributed by atoms with Crippen molar-refractivity contribution >= 4 is 16.9 Å². The topological polar surface area (TPSA) is 62.3 Å². The molecule has 0 spiro atoms. The van der Waals surface area contributed by atoms with Gasteiger partial charge in [-0.3, -0.25) is 4.79 Å². The first-order valence-corrected chi connectivity index (χ1v) is 6.32. The minimum Gasteiger partial charge on any atom is -0.495 e. The Morgan fingerprint density at radius 2 is 2.11 bits per heavy atom. The lowest BCUT2D eigenvalue weighted by Gasteiger charge is -2.04. The molecule has 1 aromatic carbocycles. The van der Waals surface area contributed by atoms with Crippen molar-refractivity contribution < 1.29 is 14.6 Å². The molecule has 0 radical (unpaired) electrons. The maximum absolute atomic E-state index is 11.0. The predicted octanol–water partition coefficient (Wildman–Crippen LogP) is 3.06. The second-order valence-electron chi connectivity index (χ2n) is 5.06. The predicted molar refractivity (Wildman–Crippen MR) is 74.8 cm³/mol. The third kappa shape index (κ3) is 2.43. The summed E-state index contributed by atoms with van der Waals surface area (Å²) < 4.78 is 5.38. The number of H-pyrrole nitrogens is 1. The number of aliphatic carboxylic acids is 1. The van der Waals surface area contributed by atoms with Crippen molar-refractivity contribution in [3.8, 4) is 5.75 Å². The van der Waals surface area contributed by atoms with E-state index in [2.05, 4.69) is 11.1 Å². The number of aromatic nitrogens is 1. The molecule has 2 aromatic rings.